The first kappa shape index (κ1) is 22.9. The van der Waals surface area contributed by atoms with Crippen LogP contribution in [0, 0.1) is 10.1 Å². The smallest absolute Gasteiger partial charge is 0.416 e. The second kappa shape index (κ2) is 10.4. The zero-order chi connectivity index (χ0) is 22.1. The van der Waals surface area contributed by atoms with Crippen LogP contribution in [0.25, 0.3) is 0 Å². The Balaban J connectivity index is 2.04. The molecule has 11 heteroatoms. The van der Waals surface area contributed by atoms with Gasteiger partial charge in [-0.2, -0.15) is 13.2 Å². The number of methoxy groups -OCH3 is 1. The molecule has 0 aliphatic carbocycles. The summed E-state index contributed by atoms with van der Waals surface area (Å²) in [6.07, 6.45) is -4.72. The fraction of sp³-hybridized carbons (Fsp3) is 0.316. The number of amides is 1. The molecule has 2 N–H and O–H groups in total. The van der Waals surface area contributed by atoms with Gasteiger partial charge in [0.25, 0.3) is 5.69 Å². The lowest BCUT2D eigenvalue weighted by molar-refractivity contribution is -0.384. The maximum absolute atomic E-state index is 13.0. The fourth-order valence-corrected chi connectivity index (χ4v) is 2.47. The number of anilines is 2. The largest absolute Gasteiger partial charge is 0.489 e. The molecule has 0 spiro atoms. The number of carbonyl (C=O) groups is 1. The average molecular weight is 427 g/mol. The van der Waals surface area contributed by atoms with Crippen LogP contribution in [-0.4, -0.2) is 37.7 Å². The number of para-hydroxylation sites is 2. The van der Waals surface area contributed by atoms with Crippen LogP contribution in [0.3, 0.4) is 0 Å². The van der Waals surface area contributed by atoms with E-state index in [-0.39, 0.29) is 49.0 Å². The summed E-state index contributed by atoms with van der Waals surface area (Å²) in [5, 5.41) is 16.2. The first-order chi connectivity index (χ1) is 14.2. The molecule has 0 saturated carbocycles. The summed E-state index contributed by atoms with van der Waals surface area (Å²) in [6, 6.07) is 8.68. The van der Waals surface area contributed by atoms with Crippen molar-refractivity contribution in [2.45, 2.75) is 12.6 Å². The topological polar surface area (TPSA) is 103 Å². The zero-order valence-corrected chi connectivity index (χ0v) is 16.0. The van der Waals surface area contributed by atoms with Crippen LogP contribution in [0.5, 0.6) is 5.75 Å². The highest BCUT2D eigenvalue weighted by Gasteiger charge is 2.31. The van der Waals surface area contributed by atoms with Crippen molar-refractivity contribution in [3.63, 3.8) is 0 Å². The Kier molecular flexibility index (Phi) is 7.98. The number of alkyl halides is 3. The molecule has 2 rings (SSSR count). The van der Waals surface area contributed by atoms with Crippen LogP contribution in [0.2, 0.25) is 0 Å². The van der Waals surface area contributed by atoms with Crippen LogP contribution in [0.1, 0.15) is 12.0 Å². The van der Waals surface area contributed by atoms with Gasteiger partial charge in [-0.3, -0.25) is 14.9 Å². The maximum atomic E-state index is 13.0. The number of nitro benzene ring substituents is 1. The SMILES string of the molecule is COCCOc1ccc(C(F)(F)F)cc1NC(=O)CCNc1ccccc1[N+](=O)[O-]. The molecule has 0 saturated heterocycles. The molecule has 2 aromatic carbocycles. The van der Waals surface area contributed by atoms with E-state index in [1.165, 1.54) is 25.3 Å². The van der Waals surface area contributed by atoms with Crippen molar-refractivity contribution < 1.29 is 32.4 Å². The van der Waals surface area contributed by atoms with E-state index in [9.17, 15) is 28.1 Å². The maximum Gasteiger partial charge on any atom is 0.416 e. The molecule has 0 aliphatic rings. The molecule has 0 radical (unpaired) electrons. The fourth-order valence-electron chi connectivity index (χ4n) is 2.47. The third-order valence-electron chi connectivity index (χ3n) is 3.89. The average Bonchev–Trinajstić information content (AvgIpc) is 2.68. The molecule has 0 unspecified atom stereocenters. The van der Waals surface area contributed by atoms with E-state index in [1.54, 1.807) is 6.07 Å². The van der Waals surface area contributed by atoms with Gasteiger partial charge in [-0.25, -0.2) is 0 Å². The van der Waals surface area contributed by atoms with Crippen molar-refractivity contribution in [3.05, 3.63) is 58.1 Å². The quantitative estimate of drug-likeness (QED) is 0.337. The number of ether oxygens (including phenoxy) is 2. The van der Waals surface area contributed by atoms with Gasteiger partial charge in [0, 0.05) is 26.1 Å². The van der Waals surface area contributed by atoms with Gasteiger partial charge < -0.3 is 20.1 Å². The van der Waals surface area contributed by atoms with E-state index in [2.05, 4.69) is 10.6 Å². The molecular formula is C19H20F3N3O5. The van der Waals surface area contributed by atoms with Gasteiger partial charge in [0.2, 0.25) is 5.91 Å². The number of benzene rings is 2. The van der Waals surface area contributed by atoms with Gasteiger partial charge in [-0.15, -0.1) is 0 Å². The van der Waals surface area contributed by atoms with E-state index in [1.807, 2.05) is 0 Å². The molecule has 0 heterocycles. The Morgan fingerprint density at radius 3 is 2.53 bits per heavy atom. The Morgan fingerprint density at radius 2 is 1.87 bits per heavy atom. The van der Waals surface area contributed by atoms with Crippen molar-refractivity contribution in [2.75, 3.05) is 37.5 Å². The van der Waals surface area contributed by atoms with Crippen molar-refractivity contribution in [1.82, 2.24) is 0 Å². The van der Waals surface area contributed by atoms with Crippen LogP contribution in [0.4, 0.5) is 30.2 Å². The van der Waals surface area contributed by atoms with Gasteiger partial charge >= 0.3 is 6.18 Å². The van der Waals surface area contributed by atoms with Crippen LogP contribution >= 0.6 is 0 Å². The van der Waals surface area contributed by atoms with Gasteiger partial charge in [-0.05, 0) is 24.3 Å². The monoisotopic (exact) mass is 427 g/mol. The van der Waals surface area contributed by atoms with E-state index >= 15 is 0 Å². The molecule has 0 bridgehead atoms. The summed E-state index contributed by atoms with van der Waals surface area (Å²) in [4.78, 5) is 22.6. The molecule has 1 amide bonds. The number of hydrogen-bond donors (Lipinski definition) is 2. The number of carbonyl (C=O) groups excluding carboxylic acids is 1. The third-order valence-corrected chi connectivity index (χ3v) is 3.89. The van der Waals surface area contributed by atoms with E-state index < -0.39 is 22.6 Å². The Morgan fingerprint density at radius 1 is 1.13 bits per heavy atom. The highest BCUT2D eigenvalue weighted by Crippen LogP contribution is 2.35. The van der Waals surface area contributed by atoms with E-state index in [0.29, 0.717) is 0 Å². The van der Waals surface area contributed by atoms with Gasteiger partial charge in [0.1, 0.15) is 18.0 Å². The minimum atomic E-state index is -4.58. The molecule has 2 aromatic rings. The number of hydrogen-bond acceptors (Lipinski definition) is 6. The highest BCUT2D eigenvalue weighted by molar-refractivity contribution is 5.92. The van der Waals surface area contributed by atoms with Crippen molar-refractivity contribution >= 4 is 23.0 Å². The normalized spacial score (nSPS) is 11.1. The Bertz CT molecular complexity index is 890. The molecule has 30 heavy (non-hydrogen) atoms. The first-order valence-corrected chi connectivity index (χ1v) is 8.82. The number of nitrogens with zero attached hydrogens (tertiary/aromatic N) is 1. The Labute approximate surface area is 170 Å². The summed E-state index contributed by atoms with van der Waals surface area (Å²) in [5.74, 6) is -0.517. The van der Waals surface area contributed by atoms with Gasteiger partial charge in [0.05, 0.1) is 22.8 Å². The molecule has 8 nitrogen and oxygen atoms in total. The number of rotatable bonds is 10. The summed E-state index contributed by atoms with van der Waals surface area (Å²) in [5.41, 5.74) is -0.978. The van der Waals surface area contributed by atoms with Crippen LogP contribution in [0.15, 0.2) is 42.5 Å². The molecule has 0 atom stereocenters. The number of halogens is 3. The predicted molar refractivity (Wildman–Crippen MR) is 104 cm³/mol. The standard InChI is InChI=1S/C19H20F3N3O5/c1-29-10-11-30-17-7-6-13(19(20,21)22)12-15(17)24-18(26)8-9-23-14-4-2-3-5-16(14)25(27)28/h2-7,12,23H,8-11H2,1H3,(H,24,26). The van der Waals surface area contributed by atoms with Gasteiger partial charge in [-0.1, -0.05) is 12.1 Å². The molecule has 0 aliphatic heterocycles. The summed E-state index contributed by atoms with van der Waals surface area (Å²) in [7, 11) is 1.45. The molecular weight excluding hydrogens is 407 g/mol. The minimum Gasteiger partial charge on any atom is -0.489 e. The minimum absolute atomic E-state index is 0.0372. The lowest BCUT2D eigenvalue weighted by Crippen LogP contribution is -2.18. The van der Waals surface area contributed by atoms with Crippen molar-refractivity contribution in [2.24, 2.45) is 0 Å². The molecule has 0 aromatic heterocycles. The van der Waals surface area contributed by atoms with E-state index in [4.69, 9.17) is 9.47 Å². The Hall–Kier alpha value is -3.34. The third kappa shape index (κ3) is 6.62. The lowest BCUT2D eigenvalue weighted by Gasteiger charge is -2.15. The summed E-state index contributed by atoms with van der Waals surface area (Å²) >= 11 is 0. The molecule has 162 valence electrons. The van der Waals surface area contributed by atoms with E-state index in [0.717, 1.165) is 18.2 Å². The highest BCUT2D eigenvalue weighted by atomic mass is 19.4. The summed E-state index contributed by atoms with van der Waals surface area (Å²) < 4.78 is 49.2. The summed E-state index contributed by atoms with van der Waals surface area (Å²) in [6.45, 7) is 0.341. The van der Waals surface area contributed by atoms with Crippen molar-refractivity contribution in [3.8, 4) is 5.75 Å². The van der Waals surface area contributed by atoms with Crippen LogP contribution in [-0.2, 0) is 15.7 Å². The predicted octanol–water partition coefficient (Wildman–Crippen LogP) is 4.08. The number of nitro groups is 1. The molecule has 0 fully saturated rings. The number of nitrogens with one attached hydrogen (secondary N) is 2. The second-order valence-corrected chi connectivity index (χ2v) is 6.05. The lowest BCUT2D eigenvalue weighted by atomic mass is 10.1. The van der Waals surface area contributed by atoms with Crippen LogP contribution < -0.4 is 15.4 Å². The first-order valence-electron chi connectivity index (χ1n) is 8.82. The zero-order valence-electron chi connectivity index (χ0n) is 16.0. The second-order valence-electron chi connectivity index (χ2n) is 6.05. The van der Waals surface area contributed by atoms with Crippen molar-refractivity contribution in [1.29, 1.82) is 0 Å². The van der Waals surface area contributed by atoms with Gasteiger partial charge in [0.15, 0.2) is 0 Å².